The zero-order chi connectivity index (χ0) is 15.5. The molecule has 0 amide bonds. The van der Waals surface area contributed by atoms with E-state index in [1.54, 1.807) is 0 Å². The first-order valence-electron chi connectivity index (χ1n) is 8.81. The number of nitrogens with one attached hydrogen (secondary N) is 2. The molecule has 1 aliphatic heterocycles. The highest BCUT2D eigenvalue weighted by Crippen LogP contribution is 2.08. The van der Waals surface area contributed by atoms with Crippen molar-refractivity contribution in [1.29, 1.82) is 0 Å². The molecule has 0 spiro atoms. The summed E-state index contributed by atoms with van der Waals surface area (Å²) in [5.41, 5.74) is 0. The Morgan fingerprint density at radius 3 is 2.43 bits per heavy atom. The van der Waals surface area contributed by atoms with Gasteiger partial charge in [-0.15, -0.1) is 0 Å². The van der Waals surface area contributed by atoms with E-state index in [-0.39, 0.29) is 0 Å². The van der Waals surface area contributed by atoms with Crippen molar-refractivity contribution < 1.29 is 0 Å². The topological polar surface area (TPSA) is 39.7 Å². The van der Waals surface area contributed by atoms with Crippen LogP contribution in [-0.2, 0) is 0 Å². The Morgan fingerprint density at radius 1 is 1.10 bits per heavy atom. The zero-order valence-electron chi connectivity index (χ0n) is 14.6. The molecular weight excluding hydrogens is 260 g/mol. The van der Waals surface area contributed by atoms with Crippen molar-refractivity contribution in [2.24, 2.45) is 10.9 Å². The molecule has 1 saturated heterocycles. The van der Waals surface area contributed by atoms with E-state index >= 15 is 0 Å². The van der Waals surface area contributed by atoms with Crippen molar-refractivity contribution in [2.75, 3.05) is 33.2 Å². The number of unbranched alkanes of at least 4 members (excludes halogenated alkanes) is 1. The molecule has 1 unspecified atom stereocenters. The minimum Gasteiger partial charge on any atom is -0.356 e. The van der Waals surface area contributed by atoms with Crippen molar-refractivity contribution in [3.63, 3.8) is 0 Å². The van der Waals surface area contributed by atoms with Gasteiger partial charge in [0.15, 0.2) is 5.96 Å². The lowest BCUT2D eigenvalue weighted by Gasteiger charge is -2.19. The minimum atomic E-state index is 0.489. The molecule has 0 aromatic carbocycles. The maximum Gasteiger partial charge on any atom is 0.191 e. The number of aliphatic imine (C=N–C) groups is 1. The molecule has 0 aliphatic carbocycles. The SMILES string of the molecule is CN=C(NCCCCN1CCCC1)NC(C)CCC(C)C. The van der Waals surface area contributed by atoms with Crippen LogP contribution in [0.2, 0.25) is 0 Å². The fourth-order valence-corrected chi connectivity index (χ4v) is 2.76. The molecule has 0 aromatic rings. The molecule has 1 heterocycles. The van der Waals surface area contributed by atoms with Crippen LogP contribution in [0.3, 0.4) is 0 Å². The van der Waals surface area contributed by atoms with Crippen molar-refractivity contribution in [3.8, 4) is 0 Å². The fourth-order valence-electron chi connectivity index (χ4n) is 2.76. The number of nitrogens with zero attached hydrogens (tertiary/aromatic N) is 2. The zero-order valence-corrected chi connectivity index (χ0v) is 14.6. The summed E-state index contributed by atoms with van der Waals surface area (Å²) in [5.74, 6) is 1.72. The van der Waals surface area contributed by atoms with Crippen LogP contribution in [0.4, 0.5) is 0 Å². The predicted molar refractivity (Wildman–Crippen MR) is 92.9 cm³/mol. The molecule has 4 heteroatoms. The molecule has 0 saturated carbocycles. The van der Waals surface area contributed by atoms with Gasteiger partial charge in [-0.2, -0.15) is 0 Å². The summed E-state index contributed by atoms with van der Waals surface area (Å²) in [6.07, 6.45) is 7.75. The van der Waals surface area contributed by atoms with Crippen LogP contribution in [-0.4, -0.2) is 50.1 Å². The summed E-state index contributed by atoms with van der Waals surface area (Å²) in [5, 5.41) is 6.92. The van der Waals surface area contributed by atoms with Gasteiger partial charge in [0.25, 0.3) is 0 Å². The van der Waals surface area contributed by atoms with E-state index in [4.69, 9.17) is 0 Å². The number of hydrogen-bond donors (Lipinski definition) is 2. The van der Waals surface area contributed by atoms with E-state index < -0.39 is 0 Å². The molecular formula is C17H36N4. The van der Waals surface area contributed by atoms with Gasteiger partial charge in [-0.1, -0.05) is 13.8 Å². The second-order valence-electron chi connectivity index (χ2n) is 6.77. The van der Waals surface area contributed by atoms with Crippen molar-refractivity contribution >= 4 is 5.96 Å². The summed E-state index contributed by atoms with van der Waals surface area (Å²) in [4.78, 5) is 6.90. The molecule has 1 aliphatic rings. The van der Waals surface area contributed by atoms with Crippen molar-refractivity contribution in [3.05, 3.63) is 0 Å². The van der Waals surface area contributed by atoms with E-state index in [1.807, 2.05) is 7.05 Å². The fraction of sp³-hybridized carbons (Fsp3) is 0.941. The Bertz CT molecular complexity index is 283. The Morgan fingerprint density at radius 2 is 1.81 bits per heavy atom. The second kappa shape index (κ2) is 10.9. The summed E-state index contributed by atoms with van der Waals surface area (Å²) < 4.78 is 0. The van der Waals surface area contributed by atoms with E-state index in [0.717, 1.165) is 18.4 Å². The molecule has 4 nitrogen and oxygen atoms in total. The highest BCUT2D eigenvalue weighted by atomic mass is 15.2. The largest absolute Gasteiger partial charge is 0.356 e. The molecule has 2 N–H and O–H groups in total. The molecule has 1 rings (SSSR count). The Balaban J connectivity index is 2.04. The lowest BCUT2D eigenvalue weighted by molar-refractivity contribution is 0.330. The van der Waals surface area contributed by atoms with Crippen LogP contribution in [0.1, 0.15) is 59.3 Å². The average Bonchev–Trinajstić information content (AvgIpc) is 2.96. The molecule has 0 bridgehead atoms. The third kappa shape index (κ3) is 8.97. The van der Waals surface area contributed by atoms with Gasteiger partial charge in [0.2, 0.25) is 0 Å². The first-order valence-corrected chi connectivity index (χ1v) is 8.81. The number of likely N-dealkylation sites (tertiary alicyclic amines) is 1. The van der Waals surface area contributed by atoms with Gasteiger partial charge in [-0.3, -0.25) is 4.99 Å². The molecule has 124 valence electrons. The second-order valence-corrected chi connectivity index (χ2v) is 6.77. The molecule has 0 radical (unpaired) electrons. The monoisotopic (exact) mass is 296 g/mol. The first-order chi connectivity index (χ1) is 10.1. The number of rotatable bonds is 9. The summed E-state index contributed by atoms with van der Waals surface area (Å²) >= 11 is 0. The van der Waals surface area contributed by atoms with Crippen LogP contribution < -0.4 is 10.6 Å². The first kappa shape index (κ1) is 18.3. The van der Waals surface area contributed by atoms with E-state index in [2.05, 4.69) is 41.3 Å². The summed E-state index contributed by atoms with van der Waals surface area (Å²) in [6, 6.07) is 0.489. The maximum absolute atomic E-state index is 4.31. The van der Waals surface area contributed by atoms with Gasteiger partial charge in [0.05, 0.1) is 0 Å². The van der Waals surface area contributed by atoms with Gasteiger partial charge in [0, 0.05) is 19.6 Å². The lowest BCUT2D eigenvalue weighted by Crippen LogP contribution is -2.42. The highest BCUT2D eigenvalue weighted by Gasteiger charge is 2.10. The Kier molecular flexibility index (Phi) is 9.48. The third-order valence-electron chi connectivity index (χ3n) is 4.18. The quantitative estimate of drug-likeness (QED) is 0.390. The van der Waals surface area contributed by atoms with Crippen LogP contribution in [0.25, 0.3) is 0 Å². The summed E-state index contributed by atoms with van der Waals surface area (Å²) in [6.45, 7) is 11.7. The van der Waals surface area contributed by atoms with Gasteiger partial charge in [-0.05, 0) is 71.0 Å². The summed E-state index contributed by atoms with van der Waals surface area (Å²) in [7, 11) is 1.86. The van der Waals surface area contributed by atoms with E-state index in [9.17, 15) is 0 Å². The van der Waals surface area contributed by atoms with Crippen LogP contribution in [0.15, 0.2) is 4.99 Å². The lowest BCUT2D eigenvalue weighted by atomic mass is 10.0. The van der Waals surface area contributed by atoms with Crippen LogP contribution in [0, 0.1) is 5.92 Å². The normalized spacial score (nSPS) is 18.2. The van der Waals surface area contributed by atoms with Crippen LogP contribution in [0.5, 0.6) is 0 Å². The minimum absolute atomic E-state index is 0.489. The van der Waals surface area contributed by atoms with Crippen molar-refractivity contribution in [2.45, 2.75) is 65.3 Å². The van der Waals surface area contributed by atoms with E-state index in [0.29, 0.717) is 6.04 Å². The van der Waals surface area contributed by atoms with Crippen molar-refractivity contribution in [1.82, 2.24) is 15.5 Å². The average molecular weight is 297 g/mol. The molecule has 1 fully saturated rings. The third-order valence-corrected chi connectivity index (χ3v) is 4.18. The van der Waals surface area contributed by atoms with Gasteiger partial charge < -0.3 is 15.5 Å². The molecule has 0 aromatic heterocycles. The van der Waals surface area contributed by atoms with Gasteiger partial charge >= 0.3 is 0 Å². The van der Waals surface area contributed by atoms with E-state index in [1.165, 1.54) is 58.2 Å². The van der Waals surface area contributed by atoms with Crippen LogP contribution >= 0.6 is 0 Å². The molecule has 21 heavy (non-hydrogen) atoms. The Hall–Kier alpha value is -0.770. The van der Waals surface area contributed by atoms with Gasteiger partial charge in [0.1, 0.15) is 0 Å². The number of guanidine groups is 1. The Labute approximate surface area is 131 Å². The molecule has 1 atom stereocenters. The predicted octanol–water partition coefficient (Wildman–Crippen LogP) is 2.85. The standard InChI is InChI=1S/C17H36N4/c1-15(2)9-10-16(3)20-17(18-4)19-11-5-6-12-21-13-7-8-14-21/h15-16H,5-14H2,1-4H3,(H2,18,19,20). The number of hydrogen-bond acceptors (Lipinski definition) is 2. The maximum atomic E-state index is 4.31. The smallest absolute Gasteiger partial charge is 0.191 e. The van der Waals surface area contributed by atoms with Gasteiger partial charge in [-0.25, -0.2) is 0 Å². The highest BCUT2D eigenvalue weighted by molar-refractivity contribution is 5.79.